The number of carbonyl (C=O) groups excluding carboxylic acids is 1. The van der Waals surface area contributed by atoms with Gasteiger partial charge in [-0.1, -0.05) is 30.3 Å². The number of carbonyl (C=O) groups is 1. The van der Waals surface area contributed by atoms with E-state index in [4.69, 9.17) is 4.74 Å². The Hall–Kier alpha value is -3.41. The van der Waals surface area contributed by atoms with Crippen LogP contribution in [0.25, 0.3) is 0 Å². The number of nitrogens with one attached hydrogen (secondary N) is 2. The van der Waals surface area contributed by atoms with Gasteiger partial charge in [-0.25, -0.2) is 4.98 Å². The zero-order chi connectivity index (χ0) is 19.1. The number of methoxy groups -OCH3 is 1. The van der Waals surface area contributed by atoms with Crippen LogP contribution < -0.4 is 15.4 Å². The number of anilines is 3. The van der Waals surface area contributed by atoms with Gasteiger partial charge in [0.25, 0.3) is 0 Å². The van der Waals surface area contributed by atoms with Crippen molar-refractivity contribution < 1.29 is 9.53 Å². The lowest BCUT2D eigenvalue weighted by molar-refractivity contribution is 0.101. The minimum Gasteiger partial charge on any atom is -0.496 e. The Labute approximate surface area is 158 Å². The monoisotopic (exact) mass is 362 g/mol. The molecule has 0 unspecified atom stereocenters. The molecule has 0 radical (unpaired) electrons. The fraction of sp³-hybridized carbons (Fsp3) is 0.190. The summed E-state index contributed by atoms with van der Waals surface area (Å²) < 4.78 is 5.37. The van der Waals surface area contributed by atoms with Crippen LogP contribution in [0.2, 0.25) is 0 Å². The van der Waals surface area contributed by atoms with Crippen LogP contribution in [0, 0.1) is 0 Å². The van der Waals surface area contributed by atoms with E-state index in [0.29, 0.717) is 23.9 Å². The number of ketones is 1. The van der Waals surface area contributed by atoms with Crippen LogP contribution >= 0.6 is 0 Å². The second-order valence-corrected chi connectivity index (χ2v) is 6.02. The summed E-state index contributed by atoms with van der Waals surface area (Å²) in [5, 5.41) is 6.43. The first kappa shape index (κ1) is 18.4. The Bertz CT molecular complexity index is 927. The summed E-state index contributed by atoms with van der Waals surface area (Å²) in [5.74, 6) is 2.10. The van der Waals surface area contributed by atoms with Crippen molar-refractivity contribution in [1.82, 2.24) is 9.97 Å². The molecule has 1 heterocycles. The summed E-state index contributed by atoms with van der Waals surface area (Å²) >= 11 is 0. The Morgan fingerprint density at radius 3 is 2.78 bits per heavy atom. The van der Waals surface area contributed by atoms with Crippen molar-refractivity contribution in [1.29, 1.82) is 0 Å². The normalized spacial score (nSPS) is 10.3. The van der Waals surface area contributed by atoms with Crippen LogP contribution in [0.1, 0.15) is 22.8 Å². The first-order valence-corrected chi connectivity index (χ1v) is 8.72. The van der Waals surface area contributed by atoms with Gasteiger partial charge in [-0.3, -0.25) is 4.79 Å². The fourth-order valence-electron chi connectivity index (χ4n) is 2.70. The highest BCUT2D eigenvalue weighted by Crippen LogP contribution is 2.19. The number of hydrogen-bond donors (Lipinski definition) is 2. The number of nitrogens with zero attached hydrogens (tertiary/aromatic N) is 2. The molecule has 0 atom stereocenters. The molecule has 6 heteroatoms. The van der Waals surface area contributed by atoms with Gasteiger partial charge < -0.3 is 15.4 Å². The van der Waals surface area contributed by atoms with Crippen molar-refractivity contribution in [3.05, 3.63) is 71.9 Å². The van der Waals surface area contributed by atoms with E-state index in [1.807, 2.05) is 36.4 Å². The van der Waals surface area contributed by atoms with Gasteiger partial charge in [0.2, 0.25) is 5.95 Å². The summed E-state index contributed by atoms with van der Waals surface area (Å²) in [4.78, 5) is 20.2. The highest BCUT2D eigenvalue weighted by Gasteiger charge is 2.04. The maximum absolute atomic E-state index is 11.5. The molecule has 0 amide bonds. The topological polar surface area (TPSA) is 76.1 Å². The van der Waals surface area contributed by atoms with Crippen molar-refractivity contribution in [2.45, 2.75) is 13.3 Å². The van der Waals surface area contributed by atoms with Gasteiger partial charge in [-0.2, -0.15) is 4.98 Å². The number of benzene rings is 2. The molecular formula is C21H22N4O2. The summed E-state index contributed by atoms with van der Waals surface area (Å²) in [7, 11) is 1.67. The predicted octanol–water partition coefficient (Wildman–Crippen LogP) is 4.09. The zero-order valence-corrected chi connectivity index (χ0v) is 15.4. The minimum absolute atomic E-state index is 0.0278. The molecule has 0 aliphatic carbocycles. The van der Waals surface area contributed by atoms with Crippen LogP contribution in [0.5, 0.6) is 5.75 Å². The average Bonchev–Trinajstić information content (AvgIpc) is 2.69. The lowest BCUT2D eigenvalue weighted by Gasteiger charge is -2.10. The van der Waals surface area contributed by atoms with Crippen LogP contribution in [0.4, 0.5) is 17.5 Å². The standard InChI is InChI=1S/C21H22N4O2/c1-15(26)17-7-5-8-18(14-17)24-20-11-13-23-21(25-20)22-12-10-16-6-3-4-9-19(16)27-2/h3-9,11,13-14H,10,12H2,1-2H3,(H2,22,23,24,25). The maximum atomic E-state index is 11.5. The minimum atomic E-state index is 0.0278. The fourth-order valence-corrected chi connectivity index (χ4v) is 2.70. The number of ether oxygens (including phenoxy) is 1. The smallest absolute Gasteiger partial charge is 0.224 e. The Balaban J connectivity index is 1.62. The van der Waals surface area contributed by atoms with Gasteiger partial charge in [-0.15, -0.1) is 0 Å². The molecule has 6 nitrogen and oxygen atoms in total. The third kappa shape index (κ3) is 5.04. The van der Waals surface area contributed by atoms with Crippen LogP contribution in [-0.2, 0) is 6.42 Å². The second kappa shape index (κ2) is 8.80. The van der Waals surface area contributed by atoms with E-state index in [1.54, 1.807) is 38.4 Å². The largest absolute Gasteiger partial charge is 0.496 e. The number of aromatic nitrogens is 2. The molecule has 3 aromatic rings. The first-order chi connectivity index (χ1) is 13.2. The van der Waals surface area contributed by atoms with Crippen LogP contribution in [0.15, 0.2) is 60.8 Å². The van der Waals surface area contributed by atoms with Gasteiger partial charge in [0.05, 0.1) is 7.11 Å². The summed E-state index contributed by atoms with van der Waals surface area (Å²) in [6.45, 7) is 2.23. The van der Waals surface area contributed by atoms with Gasteiger partial charge >= 0.3 is 0 Å². The van der Waals surface area contributed by atoms with Crippen molar-refractivity contribution in [2.24, 2.45) is 0 Å². The molecule has 0 aliphatic heterocycles. The summed E-state index contributed by atoms with van der Waals surface area (Å²) in [5.41, 5.74) is 2.59. The maximum Gasteiger partial charge on any atom is 0.224 e. The van der Waals surface area contributed by atoms with Crippen LogP contribution in [0.3, 0.4) is 0 Å². The lowest BCUT2D eigenvalue weighted by atomic mass is 10.1. The Kier molecular flexibility index (Phi) is 5.99. The third-order valence-electron chi connectivity index (χ3n) is 4.07. The molecule has 0 fully saturated rings. The van der Waals surface area contributed by atoms with Crippen molar-refractivity contribution in [3.63, 3.8) is 0 Å². The third-order valence-corrected chi connectivity index (χ3v) is 4.07. The molecular weight excluding hydrogens is 340 g/mol. The number of rotatable bonds is 8. The molecule has 138 valence electrons. The molecule has 1 aromatic heterocycles. The molecule has 0 saturated carbocycles. The summed E-state index contributed by atoms with van der Waals surface area (Å²) in [6.07, 6.45) is 2.49. The molecule has 0 aliphatic rings. The molecule has 0 spiro atoms. The number of Topliss-reactive ketones (excluding diaryl/α,β-unsaturated/α-hetero) is 1. The van der Waals surface area contributed by atoms with Crippen molar-refractivity contribution in [3.8, 4) is 5.75 Å². The van der Waals surface area contributed by atoms with E-state index >= 15 is 0 Å². The molecule has 27 heavy (non-hydrogen) atoms. The first-order valence-electron chi connectivity index (χ1n) is 8.72. The molecule has 2 aromatic carbocycles. The molecule has 0 bridgehead atoms. The van der Waals surface area contributed by atoms with Gasteiger partial charge in [-0.05, 0) is 43.2 Å². The van der Waals surface area contributed by atoms with E-state index in [0.717, 1.165) is 23.4 Å². The summed E-state index contributed by atoms with van der Waals surface area (Å²) in [6, 6.07) is 17.1. The molecule has 0 saturated heterocycles. The van der Waals surface area contributed by atoms with E-state index in [1.165, 1.54) is 0 Å². The molecule has 3 rings (SSSR count). The highest BCUT2D eigenvalue weighted by atomic mass is 16.5. The SMILES string of the molecule is COc1ccccc1CCNc1nccc(Nc2cccc(C(C)=O)c2)n1. The predicted molar refractivity (Wildman–Crippen MR) is 107 cm³/mol. The quantitative estimate of drug-likeness (QED) is 0.588. The Morgan fingerprint density at radius 1 is 1.11 bits per heavy atom. The highest BCUT2D eigenvalue weighted by molar-refractivity contribution is 5.95. The van der Waals surface area contributed by atoms with Crippen molar-refractivity contribution in [2.75, 3.05) is 24.3 Å². The van der Waals surface area contributed by atoms with E-state index in [-0.39, 0.29) is 5.78 Å². The molecule has 2 N–H and O–H groups in total. The van der Waals surface area contributed by atoms with E-state index in [2.05, 4.69) is 20.6 Å². The van der Waals surface area contributed by atoms with Gasteiger partial charge in [0.15, 0.2) is 5.78 Å². The number of hydrogen-bond acceptors (Lipinski definition) is 6. The van der Waals surface area contributed by atoms with Gasteiger partial charge in [0, 0.05) is 24.0 Å². The van der Waals surface area contributed by atoms with Crippen molar-refractivity contribution >= 4 is 23.2 Å². The Morgan fingerprint density at radius 2 is 1.96 bits per heavy atom. The second-order valence-electron chi connectivity index (χ2n) is 6.02. The van der Waals surface area contributed by atoms with Crippen LogP contribution in [-0.4, -0.2) is 29.4 Å². The number of para-hydroxylation sites is 1. The zero-order valence-electron chi connectivity index (χ0n) is 15.4. The van der Waals surface area contributed by atoms with E-state index < -0.39 is 0 Å². The lowest BCUT2D eigenvalue weighted by Crippen LogP contribution is -2.09. The van der Waals surface area contributed by atoms with Gasteiger partial charge in [0.1, 0.15) is 11.6 Å². The average molecular weight is 362 g/mol. The van der Waals surface area contributed by atoms with E-state index in [9.17, 15) is 4.79 Å².